The SMILES string of the molecule is Cc1ccc(S(=O)(=O)Nc2ccc(SC(F)F)cc2)c(Cl)c1. The number of benzene rings is 2. The molecule has 0 saturated heterocycles. The Balaban J connectivity index is 2.21. The molecule has 0 unspecified atom stereocenters. The van der Waals surface area contributed by atoms with Gasteiger partial charge in [-0.15, -0.1) is 0 Å². The fourth-order valence-electron chi connectivity index (χ4n) is 1.74. The van der Waals surface area contributed by atoms with Crippen molar-refractivity contribution in [3.8, 4) is 0 Å². The third-order valence-electron chi connectivity index (χ3n) is 2.71. The van der Waals surface area contributed by atoms with Crippen LogP contribution in [0, 0.1) is 6.92 Å². The van der Waals surface area contributed by atoms with Crippen molar-refractivity contribution in [2.45, 2.75) is 22.5 Å². The quantitative estimate of drug-likeness (QED) is 0.779. The number of thioether (sulfide) groups is 1. The fraction of sp³-hybridized carbons (Fsp3) is 0.143. The van der Waals surface area contributed by atoms with Crippen molar-refractivity contribution in [3.63, 3.8) is 0 Å². The topological polar surface area (TPSA) is 46.2 Å². The Morgan fingerprint density at radius 2 is 1.77 bits per heavy atom. The fourth-order valence-corrected chi connectivity index (χ4v) is 3.90. The number of sulfonamides is 1. The van der Waals surface area contributed by atoms with Gasteiger partial charge in [-0.1, -0.05) is 29.4 Å². The number of alkyl halides is 2. The molecule has 2 aromatic carbocycles. The molecular weight excluding hydrogens is 352 g/mol. The lowest BCUT2D eigenvalue weighted by atomic mass is 10.2. The summed E-state index contributed by atoms with van der Waals surface area (Å²) in [4.78, 5) is 0.317. The number of aryl methyl sites for hydroxylation is 1. The molecule has 22 heavy (non-hydrogen) atoms. The maximum absolute atomic E-state index is 12.3. The molecule has 0 amide bonds. The van der Waals surface area contributed by atoms with Crippen LogP contribution in [0.1, 0.15) is 5.56 Å². The van der Waals surface area contributed by atoms with Gasteiger partial charge in [0.2, 0.25) is 0 Å². The molecule has 2 rings (SSSR count). The Morgan fingerprint density at radius 3 is 2.32 bits per heavy atom. The summed E-state index contributed by atoms with van der Waals surface area (Å²) in [5.74, 6) is -2.52. The molecule has 0 radical (unpaired) electrons. The van der Waals surface area contributed by atoms with E-state index in [1.807, 2.05) is 0 Å². The first kappa shape index (κ1) is 17.1. The van der Waals surface area contributed by atoms with E-state index in [0.29, 0.717) is 16.7 Å². The van der Waals surface area contributed by atoms with Crippen LogP contribution < -0.4 is 4.72 Å². The number of hydrogen-bond acceptors (Lipinski definition) is 3. The molecule has 0 heterocycles. The third-order valence-corrected chi connectivity index (χ3v) is 5.30. The molecule has 0 saturated carbocycles. The van der Waals surface area contributed by atoms with Gasteiger partial charge < -0.3 is 0 Å². The second kappa shape index (κ2) is 6.85. The zero-order valence-corrected chi connectivity index (χ0v) is 13.8. The van der Waals surface area contributed by atoms with Crippen LogP contribution in [0.15, 0.2) is 52.3 Å². The summed E-state index contributed by atoms with van der Waals surface area (Å²) in [6.45, 7) is 1.80. The predicted molar refractivity (Wildman–Crippen MR) is 85.3 cm³/mol. The van der Waals surface area contributed by atoms with E-state index >= 15 is 0 Å². The molecule has 0 aromatic heterocycles. The molecule has 118 valence electrons. The van der Waals surface area contributed by atoms with Crippen LogP contribution in [0.3, 0.4) is 0 Å². The first-order valence-corrected chi connectivity index (χ1v) is 8.86. The number of halogens is 3. The van der Waals surface area contributed by atoms with E-state index in [0.717, 1.165) is 5.56 Å². The van der Waals surface area contributed by atoms with Gasteiger partial charge in [0, 0.05) is 10.6 Å². The average molecular weight is 364 g/mol. The number of nitrogens with one attached hydrogen (secondary N) is 1. The van der Waals surface area contributed by atoms with Gasteiger partial charge in [0.1, 0.15) is 4.90 Å². The van der Waals surface area contributed by atoms with E-state index in [4.69, 9.17) is 11.6 Å². The molecule has 0 fully saturated rings. The lowest BCUT2D eigenvalue weighted by Crippen LogP contribution is -2.13. The van der Waals surface area contributed by atoms with Crippen LogP contribution in [-0.2, 0) is 10.0 Å². The van der Waals surface area contributed by atoms with Gasteiger partial charge in [0.05, 0.1) is 5.02 Å². The summed E-state index contributed by atoms with van der Waals surface area (Å²) in [7, 11) is -3.83. The third kappa shape index (κ3) is 4.34. The summed E-state index contributed by atoms with van der Waals surface area (Å²) in [6.07, 6.45) is 0. The first-order chi connectivity index (χ1) is 10.3. The summed E-state index contributed by atoms with van der Waals surface area (Å²) in [5.41, 5.74) is 1.12. The van der Waals surface area contributed by atoms with E-state index in [-0.39, 0.29) is 15.6 Å². The highest BCUT2D eigenvalue weighted by atomic mass is 35.5. The largest absolute Gasteiger partial charge is 0.288 e. The molecule has 2 aromatic rings. The molecular formula is C14H12ClF2NO2S2. The van der Waals surface area contributed by atoms with Gasteiger partial charge in [-0.05, 0) is 48.9 Å². The van der Waals surface area contributed by atoms with E-state index in [9.17, 15) is 17.2 Å². The summed E-state index contributed by atoms with van der Waals surface area (Å²) in [6, 6.07) is 10.3. The highest BCUT2D eigenvalue weighted by molar-refractivity contribution is 7.99. The van der Waals surface area contributed by atoms with Crippen LogP contribution in [0.5, 0.6) is 0 Å². The van der Waals surface area contributed by atoms with E-state index < -0.39 is 15.8 Å². The first-order valence-electron chi connectivity index (χ1n) is 6.12. The second-order valence-electron chi connectivity index (χ2n) is 4.44. The van der Waals surface area contributed by atoms with Crippen molar-refractivity contribution in [1.82, 2.24) is 0 Å². The van der Waals surface area contributed by atoms with Crippen molar-refractivity contribution in [1.29, 1.82) is 0 Å². The van der Waals surface area contributed by atoms with Crippen molar-refractivity contribution in [3.05, 3.63) is 53.1 Å². The number of rotatable bonds is 5. The van der Waals surface area contributed by atoms with Gasteiger partial charge in [-0.3, -0.25) is 4.72 Å². The molecule has 8 heteroatoms. The molecule has 0 aliphatic carbocycles. The highest BCUT2D eigenvalue weighted by Crippen LogP contribution is 2.28. The van der Waals surface area contributed by atoms with Crippen LogP contribution >= 0.6 is 23.4 Å². The molecule has 3 nitrogen and oxygen atoms in total. The molecule has 1 N–H and O–H groups in total. The predicted octanol–water partition coefficient (Wildman–Crippen LogP) is 4.76. The monoisotopic (exact) mass is 363 g/mol. The Labute approximate surface area is 136 Å². The molecule has 0 spiro atoms. The standard InChI is InChI=1S/C14H12ClF2NO2S2/c1-9-2-7-13(12(15)8-9)22(19,20)18-10-3-5-11(6-4-10)21-14(16)17/h2-8,14,18H,1H3. The van der Waals surface area contributed by atoms with Gasteiger partial charge in [0.25, 0.3) is 15.8 Å². The van der Waals surface area contributed by atoms with Crippen molar-refractivity contribution < 1.29 is 17.2 Å². The zero-order valence-electron chi connectivity index (χ0n) is 11.4. The highest BCUT2D eigenvalue weighted by Gasteiger charge is 2.18. The normalized spacial score (nSPS) is 11.7. The second-order valence-corrected chi connectivity index (χ2v) is 7.56. The lowest BCUT2D eigenvalue weighted by molar-refractivity contribution is 0.252. The summed E-state index contributed by atoms with van der Waals surface area (Å²) >= 11 is 6.35. The van der Waals surface area contributed by atoms with Gasteiger partial charge >= 0.3 is 0 Å². The van der Waals surface area contributed by atoms with Gasteiger partial charge in [-0.25, -0.2) is 8.42 Å². The molecule has 0 aliphatic heterocycles. The maximum atomic E-state index is 12.3. The minimum Gasteiger partial charge on any atom is -0.280 e. The summed E-state index contributed by atoms with van der Waals surface area (Å²) < 4.78 is 51.4. The summed E-state index contributed by atoms with van der Waals surface area (Å²) in [5, 5.41) is 0.123. The van der Waals surface area contributed by atoms with Gasteiger partial charge in [-0.2, -0.15) is 8.78 Å². The molecule has 0 atom stereocenters. The minimum atomic E-state index is -3.83. The van der Waals surface area contributed by atoms with Crippen molar-refractivity contribution in [2.75, 3.05) is 4.72 Å². The lowest BCUT2D eigenvalue weighted by Gasteiger charge is -2.10. The average Bonchev–Trinajstić information content (AvgIpc) is 2.39. The Hall–Kier alpha value is -1.31. The van der Waals surface area contributed by atoms with Crippen LogP contribution in [0.2, 0.25) is 5.02 Å². The Morgan fingerprint density at radius 1 is 1.14 bits per heavy atom. The molecule has 0 bridgehead atoms. The van der Waals surface area contributed by atoms with Crippen molar-refractivity contribution >= 4 is 39.1 Å². The van der Waals surface area contributed by atoms with E-state index in [1.165, 1.54) is 30.3 Å². The van der Waals surface area contributed by atoms with Crippen molar-refractivity contribution in [2.24, 2.45) is 0 Å². The minimum absolute atomic E-state index is 0.0363. The smallest absolute Gasteiger partial charge is 0.280 e. The Bertz CT molecular complexity index is 765. The van der Waals surface area contributed by atoms with E-state index in [2.05, 4.69) is 4.72 Å². The Kier molecular flexibility index (Phi) is 5.31. The zero-order chi connectivity index (χ0) is 16.3. The maximum Gasteiger partial charge on any atom is 0.288 e. The number of hydrogen-bond donors (Lipinski definition) is 1. The van der Waals surface area contributed by atoms with E-state index in [1.54, 1.807) is 19.1 Å². The van der Waals surface area contributed by atoms with Crippen LogP contribution in [0.25, 0.3) is 0 Å². The number of anilines is 1. The van der Waals surface area contributed by atoms with Crippen LogP contribution in [0.4, 0.5) is 14.5 Å². The van der Waals surface area contributed by atoms with Gasteiger partial charge in [0.15, 0.2) is 0 Å². The molecule has 0 aliphatic rings. The van der Waals surface area contributed by atoms with Crippen LogP contribution in [-0.4, -0.2) is 14.2 Å².